The number of fused-ring (bicyclic) bond motifs is 3. The maximum atomic E-state index is 12.7. The van der Waals surface area contributed by atoms with Crippen LogP contribution in [0.15, 0.2) is 35.6 Å². The Kier molecular flexibility index (Phi) is 5.55. The largest absolute Gasteiger partial charge is 0.378 e. The summed E-state index contributed by atoms with van der Waals surface area (Å²) in [5, 5.41) is 2.13. The average molecular weight is 413 g/mol. The van der Waals surface area contributed by atoms with Gasteiger partial charge in [0, 0.05) is 43.6 Å². The zero-order chi connectivity index (χ0) is 19.7. The van der Waals surface area contributed by atoms with Crippen molar-refractivity contribution in [3.8, 4) is 0 Å². The van der Waals surface area contributed by atoms with Gasteiger partial charge in [0.15, 0.2) is 0 Å². The number of aromatic nitrogens is 2. The van der Waals surface area contributed by atoms with Crippen molar-refractivity contribution >= 4 is 44.9 Å². The fourth-order valence-corrected chi connectivity index (χ4v) is 5.77. The van der Waals surface area contributed by atoms with Crippen LogP contribution >= 0.6 is 23.1 Å². The van der Waals surface area contributed by atoms with E-state index in [1.165, 1.54) is 34.0 Å². The number of hydrogen-bond donors (Lipinski definition) is 0. The Morgan fingerprint density at radius 3 is 2.68 bits per heavy atom. The number of rotatable bonds is 6. The van der Waals surface area contributed by atoms with Crippen molar-refractivity contribution < 1.29 is 4.79 Å². The number of carbonyl (C=O) groups excluding carboxylic acids is 1. The van der Waals surface area contributed by atoms with E-state index in [0.29, 0.717) is 12.3 Å². The monoisotopic (exact) mass is 412 g/mol. The van der Waals surface area contributed by atoms with Crippen molar-refractivity contribution in [1.82, 2.24) is 14.9 Å². The van der Waals surface area contributed by atoms with Gasteiger partial charge < -0.3 is 9.80 Å². The van der Waals surface area contributed by atoms with Crippen LogP contribution in [0.5, 0.6) is 0 Å². The van der Waals surface area contributed by atoms with Gasteiger partial charge in [0.05, 0.1) is 5.75 Å². The Bertz CT molecular complexity index is 998. The van der Waals surface area contributed by atoms with Crippen molar-refractivity contribution in [3.63, 3.8) is 0 Å². The molecule has 0 bridgehead atoms. The summed E-state index contributed by atoms with van der Waals surface area (Å²) >= 11 is 3.31. The summed E-state index contributed by atoms with van der Waals surface area (Å²) in [6, 6.07) is 8.32. The predicted molar refractivity (Wildman–Crippen MR) is 117 cm³/mol. The van der Waals surface area contributed by atoms with Crippen LogP contribution in [0.3, 0.4) is 0 Å². The minimum Gasteiger partial charge on any atom is -0.378 e. The lowest BCUT2D eigenvalue weighted by atomic mass is 10.2. The van der Waals surface area contributed by atoms with E-state index in [-0.39, 0.29) is 5.91 Å². The molecule has 1 aliphatic carbocycles. The summed E-state index contributed by atoms with van der Waals surface area (Å²) in [6.07, 6.45) is 5.09. The van der Waals surface area contributed by atoms with E-state index in [4.69, 9.17) is 0 Å². The number of anilines is 1. The van der Waals surface area contributed by atoms with E-state index in [1.807, 2.05) is 21.1 Å². The number of carbonyl (C=O) groups is 1. The molecule has 7 heteroatoms. The number of hydrogen-bond acceptors (Lipinski definition) is 6. The molecule has 0 radical (unpaired) electrons. The normalized spacial score (nSPS) is 13.0. The molecule has 0 N–H and O–H groups in total. The lowest BCUT2D eigenvalue weighted by molar-refractivity contribution is -0.127. The molecule has 4 rings (SSSR count). The number of nitrogens with zero attached hydrogens (tertiary/aromatic N) is 4. The quantitative estimate of drug-likeness (QED) is 0.452. The first-order valence-corrected chi connectivity index (χ1v) is 11.2. The van der Waals surface area contributed by atoms with E-state index >= 15 is 0 Å². The van der Waals surface area contributed by atoms with Crippen LogP contribution in [-0.4, -0.2) is 47.7 Å². The number of amides is 1. The second-order valence-electron chi connectivity index (χ2n) is 7.32. The fraction of sp³-hybridized carbons (Fsp3) is 0.381. The Morgan fingerprint density at radius 2 is 1.93 bits per heavy atom. The molecule has 0 aliphatic heterocycles. The van der Waals surface area contributed by atoms with E-state index in [9.17, 15) is 4.79 Å². The van der Waals surface area contributed by atoms with Crippen molar-refractivity contribution in [2.75, 3.05) is 31.8 Å². The molecule has 0 fully saturated rings. The predicted octanol–water partition coefficient (Wildman–Crippen LogP) is 4.00. The van der Waals surface area contributed by atoms with Gasteiger partial charge >= 0.3 is 0 Å². The molecule has 1 aliphatic rings. The summed E-state index contributed by atoms with van der Waals surface area (Å²) in [5.41, 5.74) is 3.70. The molecular formula is C21H24N4OS2. The molecule has 1 aromatic carbocycles. The Balaban J connectivity index is 1.41. The SMILES string of the molecule is CN(Cc1ccc(N(C)C)cc1)C(=O)CSc1ncnc2sc3c(c12)CCC3. The molecule has 28 heavy (non-hydrogen) atoms. The highest BCUT2D eigenvalue weighted by atomic mass is 32.2. The third-order valence-electron chi connectivity index (χ3n) is 5.10. The molecule has 0 atom stereocenters. The zero-order valence-corrected chi connectivity index (χ0v) is 18.1. The van der Waals surface area contributed by atoms with Crippen molar-refractivity contribution in [2.24, 2.45) is 0 Å². The van der Waals surface area contributed by atoms with Crippen LogP contribution in [0.2, 0.25) is 0 Å². The highest BCUT2D eigenvalue weighted by Crippen LogP contribution is 2.40. The molecule has 0 unspecified atom stereocenters. The van der Waals surface area contributed by atoms with Crippen molar-refractivity contribution in [3.05, 3.63) is 46.6 Å². The number of thiophene rings is 1. The van der Waals surface area contributed by atoms with E-state index in [0.717, 1.165) is 33.9 Å². The van der Waals surface area contributed by atoms with Gasteiger partial charge in [-0.25, -0.2) is 9.97 Å². The molecular weight excluding hydrogens is 388 g/mol. The molecule has 2 heterocycles. The fourth-order valence-electron chi connectivity index (χ4n) is 3.51. The van der Waals surface area contributed by atoms with Gasteiger partial charge in [0.1, 0.15) is 16.2 Å². The summed E-state index contributed by atoms with van der Waals surface area (Å²) in [4.78, 5) is 27.9. The van der Waals surface area contributed by atoms with Crippen LogP contribution < -0.4 is 4.90 Å². The minimum atomic E-state index is 0.111. The summed E-state index contributed by atoms with van der Waals surface area (Å²) in [6.45, 7) is 0.611. The van der Waals surface area contributed by atoms with E-state index in [2.05, 4.69) is 39.1 Å². The molecule has 0 saturated carbocycles. The second-order valence-corrected chi connectivity index (χ2v) is 9.36. The average Bonchev–Trinajstić information content (AvgIpc) is 3.27. The third kappa shape index (κ3) is 3.86. The third-order valence-corrected chi connectivity index (χ3v) is 7.27. The molecule has 2 aromatic heterocycles. The highest BCUT2D eigenvalue weighted by molar-refractivity contribution is 8.00. The number of aryl methyl sites for hydroxylation is 2. The van der Waals surface area contributed by atoms with Gasteiger partial charge in [-0.1, -0.05) is 23.9 Å². The second kappa shape index (κ2) is 8.09. The summed E-state index contributed by atoms with van der Waals surface area (Å²) in [5.74, 6) is 0.503. The first-order valence-electron chi connectivity index (χ1n) is 9.41. The van der Waals surface area contributed by atoms with Gasteiger partial charge in [-0.3, -0.25) is 4.79 Å². The van der Waals surface area contributed by atoms with Gasteiger partial charge in [-0.15, -0.1) is 11.3 Å². The molecule has 0 spiro atoms. The van der Waals surface area contributed by atoms with Crippen molar-refractivity contribution in [2.45, 2.75) is 30.8 Å². The molecule has 5 nitrogen and oxygen atoms in total. The van der Waals surface area contributed by atoms with Gasteiger partial charge in [-0.05, 0) is 42.5 Å². The molecule has 146 valence electrons. The summed E-state index contributed by atoms with van der Waals surface area (Å²) < 4.78 is 0. The molecule has 0 saturated heterocycles. The van der Waals surface area contributed by atoms with Crippen LogP contribution in [0.4, 0.5) is 5.69 Å². The maximum absolute atomic E-state index is 12.7. The smallest absolute Gasteiger partial charge is 0.233 e. The number of benzene rings is 1. The lowest BCUT2D eigenvalue weighted by Gasteiger charge is -2.18. The first kappa shape index (κ1) is 19.2. The number of thioether (sulfide) groups is 1. The van der Waals surface area contributed by atoms with Crippen molar-refractivity contribution in [1.29, 1.82) is 0 Å². The van der Waals surface area contributed by atoms with Gasteiger partial charge in [0.2, 0.25) is 5.91 Å². The zero-order valence-electron chi connectivity index (χ0n) is 16.4. The maximum Gasteiger partial charge on any atom is 0.233 e. The molecule has 3 aromatic rings. The Hall–Kier alpha value is -2.12. The minimum absolute atomic E-state index is 0.111. The van der Waals surface area contributed by atoms with Crippen LogP contribution in [-0.2, 0) is 24.2 Å². The van der Waals surface area contributed by atoms with Gasteiger partial charge in [-0.2, -0.15) is 0 Å². The van der Waals surface area contributed by atoms with Gasteiger partial charge in [0.25, 0.3) is 0 Å². The Labute approximate surface area is 173 Å². The Morgan fingerprint density at radius 1 is 1.14 bits per heavy atom. The lowest BCUT2D eigenvalue weighted by Crippen LogP contribution is -2.27. The molecule has 1 amide bonds. The summed E-state index contributed by atoms with van der Waals surface area (Å²) in [7, 11) is 5.91. The van der Waals surface area contributed by atoms with Crippen LogP contribution in [0.1, 0.15) is 22.4 Å². The van der Waals surface area contributed by atoms with E-state index < -0.39 is 0 Å². The first-order chi connectivity index (χ1) is 13.5. The topological polar surface area (TPSA) is 49.3 Å². The standard InChI is InChI=1S/C21H24N4OS2/c1-24(2)15-9-7-14(8-10-15)11-25(3)18(26)12-27-20-19-16-5-4-6-17(16)28-21(19)23-13-22-20/h7-10,13H,4-6,11-12H2,1-3H3. The highest BCUT2D eigenvalue weighted by Gasteiger charge is 2.22. The van der Waals surface area contributed by atoms with Crippen LogP contribution in [0.25, 0.3) is 10.2 Å². The van der Waals surface area contributed by atoms with Crippen LogP contribution in [0, 0.1) is 0 Å². The van der Waals surface area contributed by atoms with E-state index in [1.54, 1.807) is 22.6 Å².